The molecule has 0 saturated heterocycles. The van der Waals surface area contributed by atoms with Crippen molar-refractivity contribution >= 4 is 47.4 Å². The SMILES string of the molecule is CCNC(=NCc1coc(-c2cccs2)n1)NCC(C)(C)NC(=O)OC(C)(C)C.I. The van der Waals surface area contributed by atoms with Crippen molar-refractivity contribution in [2.24, 2.45) is 4.99 Å². The highest BCUT2D eigenvalue weighted by molar-refractivity contribution is 14.0. The number of hydrogen-bond acceptors (Lipinski definition) is 6. The van der Waals surface area contributed by atoms with Crippen molar-refractivity contribution in [1.82, 2.24) is 20.9 Å². The summed E-state index contributed by atoms with van der Waals surface area (Å²) < 4.78 is 10.9. The molecule has 0 spiro atoms. The predicted octanol–water partition coefficient (Wildman–Crippen LogP) is 4.38. The number of thiophene rings is 1. The topological polar surface area (TPSA) is 101 Å². The van der Waals surface area contributed by atoms with E-state index in [1.54, 1.807) is 17.6 Å². The van der Waals surface area contributed by atoms with Gasteiger partial charge in [0.15, 0.2) is 5.96 Å². The molecular weight excluding hydrogens is 517 g/mol. The highest BCUT2D eigenvalue weighted by atomic mass is 127. The highest BCUT2D eigenvalue weighted by Gasteiger charge is 2.24. The number of oxazole rings is 1. The molecule has 0 aliphatic rings. The molecule has 8 nitrogen and oxygen atoms in total. The van der Waals surface area contributed by atoms with Crippen LogP contribution in [0.5, 0.6) is 0 Å². The summed E-state index contributed by atoms with van der Waals surface area (Å²) in [6.07, 6.45) is 1.17. The van der Waals surface area contributed by atoms with Crippen LogP contribution in [0.2, 0.25) is 0 Å². The van der Waals surface area contributed by atoms with Crippen molar-refractivity contribution in [2.45, 2.75) is 59.2 Å². The molecule has 3 N–H and O–H groups in total. The van der Waals surface area contributed by atoms with Gasteiger partial charge in [0.1, 0.15) is 17.6 Å². The van der Waals surface area contributed by atoms with Gasteiger partial charge in [-0.3, -0.25) is 0 Å². The number of aliphatic imine (C=N–C) groups is 1. The quantitative estimate of drug-likeness (QED) is 0.269. The first-order chi connectivity index (χ1) is 13.6. The first kappa shape index (κ1) is 26.2. The molecule has 1 amide bonds. The molecule has 0 bridgehead atoms. The summed E-state index contributed by atoms with van der Waals surface area (Å²) >= 11 is 1.58. The lowest BCUT2D eigenvalue weighted by molar-refractivity contribution is 0.0474. The zero-order chi connectivity index (χ0) is 21.5. The third-order valence-corrected chi connectivity index (χ3v) is 4.42. The molecular formula is C20H32IN5O3S. The number of alkyl carbamates (subject to hydrolysis) is 1. The number of aromatic nitrogens is 1. The van der Waals surface area contributed by atoms with Crippen LogP contribution >= 0.6 is 35.3 Å². The number of hydrogen-bond donors (Lipinski definition) is 3. The average molecular weight is 549 g/mol. The van der Waals surface area contributed by atoms with E-state index in [1.807, 2.05) is 59.1 Å². The molecule has 2 rings (SSSR count). The van der Waals surface area contributed by atoms with Crippen LogP contribution in [0.4, 0.5) is 4.79 Å². The number of halogens is 1. The standard InChI is InChI=1S/C20H31N5O3S.HI/c1-7-21-17(23-13-20(5,6)25-18(26)28-19(2,3)4)22-11-14-12-27-16(24-14)15-9-8-10-29-15;/h8-10,12H,7,11,13H2,1-6H3,(H,25,26)(H2,21,22,23);1H. The second kappa shape index (κ2) is 11.5. The molecule has 0 aliphatic heterocycles. The van der Waals surface area contributed by atoms with Gasteiger partial charge < -0.3 is 25.1 Å². The summed E-state index contributed by atoms with van der Waals surface area (Å²) in [7, 11) is 0. The van der Waals surface area contributed by atoms with Crippen LogP contribution in [0.15, 0.2) is 33.2 Å². The number of ether oxygens (including phenoxy) is 1. The van der Waals surface area contributed by atoms with Gasteiger partial charge >= 0.3 is 6.09 Å². The molecule has 0 atom stereocenters. The maximum Gasteiger partial charge on any atom is 0.408 e. The smallest absolute Gasteiger partial charge is 0.408 e. The maximum atomic E-state index is 12.0. The summed E-state index contributed by atoms with van der Waals surface area (Å²) in [6.45, 7) is 12.9. The average Bonchev–Trinajstić information content (AvgIpc) is 3.26. The molecule has 0 fully saturated rings. The minimum atomic E-state index is -0.538. The van der Waals surface area contributed by atoms with E-state index in [9.17, 15) is 4.79 Å². The maximum absolute atomic E-state index is 12.0. The van der Waals surface area contributed by atoms with Gasteiger partial charge in [-0.25, -0.2) is 14.8 Å². The Morgan fingerprint density at radius 3 is 2.60 bits per heavy atom. The van der Waals surface area contributed by atoms with E-state index in [4.69, 9.17) is 9.15 Å². The molecule has 2 aromatic heterocycles. The van der Waals surface area contributed by atoms with Crippen LogP contribution in [-0.2, 0) is 11.3 Å². The molecule has 10 heteroatoms. The van der Waals surface area contributed by atoms with Gasteiger partial charge in [0, 0.05) is 13.1 Å². The molecule has 0 saturated carbocycles. The second-order valence-electron chi connectivity index (χ2n) is 8.18. The Bertz CT molecular complexity index is 813. The minimum absolute atomic E-state index is 0. The molecule has 30 heavy (non-hydrogen) atoms. The first-order valence-corrected chi connectivity index (χ1v) is 10.5. The van der Waals surface area contributed by atoms with Crippen LogP contribution in [0.3, 0.4) is 0 Å². The third kappa shape index (κ3) is 9.33. The second-order valence-corrected chi connectivity index (χ2v) is 9.13. The minimum Gasteiger partial charge on any atom is -0.444 e. The van der Waals surface area contributed by atoms with Crippen LogP contribution in [0.25, 0.3) is 10.8 Å². The molecule has 2 aromatic rings. The van der Waals surface area contributed by atoms with Crippen LogP contribution < -0.4 is 16.0 Å². The molecule has 0 aliphatic carbocycles. The van der Waals surface area contributed by atoms with Gasteiger partial charge in [0.05, 0.1) is 17.0 Å². The Balaban J connectivity index is 0.00000450. The fourth-order valence-corrected chi connectivity index (χ4v) is 2.98. The largest absolute Gasteiger partial charge is 0.444 e. The van der Waals surface area contributed by atoms with E-state index in [-0.39, 0.29) is 24.0 Å². The monoisotopic (exact) mass is 549 g/mol. The zero-order valence-electron chi connectivity index (χ0n) is 18.4. The number of carbonyl (C=O) groups excluding carboxylic acids is 1. The Kier molecular flexibility index (Phi) is 10.1. The molecule has 168 valence electrons. The number of amides is 1. The summed E-state index contributed by atoms with van der Waals surface area (Å²) in [4.78, 5) is 22.0. The van der Waals surface area contributed by atoms with Crippen molar-refractivity contribution in [2.75, 3.05) is 13.1 Å². The Morgan fingerprint density at radius 1 is 1.27 bits per heavy atom. The number of carbonyl (C=O) groups is 1. The zero-order valence-corrected chi connectivity index (χ0v) is 21.5. The Labute approximate surface area is 199 Å². The fourth-order valence-electron chi connectivity index (χ4n) is 2.32. The van der Waals surface area contributed by atoms with E-state index in [0.717, 1.165) is 10.6 Å². The van der Waals surface area contributed by atoms with Crippen LogP contribution in [-0.4, -0.2) is 41.3 Å². The summed E-state index contributed by atoms with van der Waals surface area (Å²) in [5.74, 6) is 1.23. The molecule has 2 heterocycles. The van der Waals surface area contributed by atoms with E-state index >= 15 is 0 Å². The highest BCUT2D eigenvalue weighted by Crippen LogP contribution is 2.23. The number of nitrogens with one attached hydrogen (secondary N) is 3. The first-order valence-electron chi connectivity index (χ1n) is 9.59. The van der Waals surface area contributed by atoms with Gasteiger partial charge in [0.25, 0.3) is 0 Å². The lowest BCUT2D eigenvalue weighted by atomic mass is 10.1. The van der Waals surface area contributed by atoms with E-state index in [2.05, 4.69) is 25.9 Å². The van der Waals surface area contributed by atoms with E-state index in [1.165, 1.54) is 0 Å². The number of nitrogens with zero attached hydrogens (tertiary/aromatic N) is 2. The normalized spacial score (nSPS) is 12.1. The van der Waals surface area contributed by atoms with Crippen molar-refractivity contribution < 1.29 is 13.9 Å². The number of guanidine groups is 1. The fraction of sp³-hybridized carbons (Fsp3) is 0.550. The van der Waals surface area contributed by atoms with Crippen molar-refractivity contribution in [1.29, 1.82) is 0 Å². The van der Waals surface area contributed by atoms with Gasteiger partial charge in [-0.2, -0.15) is 0 Å². The summed E-state index contributed by atoms with van der Waals surface area (Å²) in [5.41, 5.74) is -0.320. The lowest BCUT2D eigenvalue weighted by Crippen LogP contribution is -2.54. The predicted molar refractivity (Wildman–Crippen MR) is 131 cm³/mol. The Morgan fingerprint density at radius 2 is 2.00 bits per heavy atom. The molecule has 0 unspecified atom stereocenters. The molecule has 0 radical (unpaired) electrons. The van der Waals surface area contributed by atoms with Gasteiger partial charge in [-0.1, -0.05) is 6.07 Å². The lowest BCUT2D eigenvalue weighted by Gasteiger charge is -2.29. The summed E-state index contributed by atoms with van der Waals surface area (Å²) in [5, 5.41) is 11.3. The van der Waals surface area contributed by atoms with Gasteiger partial charge in [-0.05, 0) is 53.0 Å². The number of rotatable bonds is 7. The van der Waals surface area contributed by atoms with Crippen LogP contribution in [0, 0.1) is 0 Å². The van der Waals surface area contributed by atoms with Crippen molar-refractivity contribution in [3.05, 3.63) is 29.5 Å². The Hall–Kier alpha value is -1.82. The van der Waals surface area contributed by atoms with Crippen LogP contribution in [0.1, 0.15) is 47.2 Å². The van der Waals surface area contributed by atoms with E-state index in [0.29, 0.717) is 31.5 Å². The van der Waals surface area contributed by atoms with E-state index < -0.39 is 17.2 Å². The van der Waals surface area contributed by atoms with Crippen molar-refractivity contribution in [3.63, 3.8) is 0 Å². The molecule has 0 aromatic carbocycles. The van der Waals surface area contributed by atoms with Gasteiger partial charge in [-0.15, -0.1) is 35.3 Å². The third-order valence-electron chi connectivity index (χ3n) is 3.56. The van der Waals surface area contributed by atoms with Crippen molar-refractivity contribution in [3.8, 4) is 10.8 Å². The summed E-state index contributed by atoms with van der Waals surface area (Å²) in [6, 6.07) is 3.93. The van der Waals surface area contributed by atoms with Gasteiger partial charge in [0.2, 0.25) is 5.89 Å².